The molecule has 4 heterocycles. The molecule has 2 aliphatic heterocycles. The number of benzene rings is 1. The Morgan fingerprint density at radius 1 is 1.02 bits per heavy atom. The number of ether oxygens (including phenoxy) is 1. The molecule has 1 saturated heterocycles. The van der Waals surface area contributed by atoms with Gasteiger partial charge in [0.15, 0.2) is 0 Å². The minimum absolute atomic E-state index is 0.0494. The maximum Gasteiger partial charge on any atom is 0.267 e. The second kappa shape index (κ2) is 18.5. The number of hydrogen-bond donors (Lipinski definition) is 2. The second-order valence-corrected chi connectivity index (χ2v) is 15.1. The summed E-state index contributed by atoms with van der Waals surface area (Å²) in [5.74, 6) is -7.34. The molecule has 2 N–H and O–H groups in total. The highest BCUT2D eigenvalue weighted by atomic mass is 19.3. The fourth-order valence-corrected chi connectivity index (χ4v) is 7.07. The van der Waals surface area contributed by atoms with Crippen molar-refractivity contribution in [2.45, 2.75) is 122 Å². The van der Waals surface area contributed by atoms with Crippen molar-refractivity contribution in [1.29, 1.82) is 0 Å². The molecule has 4 atom stereocenters. The van der Waals surface area contributed by atoms with Gasteiger partial charge in [-0.15, -0.1) is 5.10 Å². The molecule has 2 aromatic heterocycles. The van der Waals surface area contributed by atoms with Crippen molar-refractivity contribution in [1.82, 2.24) is 40.4 Å². The quantitative estimate of drug-likeness (QED) is 0.388. The summed E-state index contributed by atoms with van der Waals surface area (Å²) in [7, 11) is 1.38. The van der Waals surface area contributed by atoms with Crippen molar-refractivity contribution in [3.63, 3.8) is 0 Å². The van der Waals surface area contributed by atoms with Crippen molar-refractivity contribution in [3.8, 4) is 5.75 Å². The van der Waals surface area contributed by atoms with E-state index in [9.17, 15) is 23.6 Å². The van der Waals surface area contributed by atoms with Gasteiger partial charge in [0.2, 0.25) is 17.7 Å². The fourth-order valence-electron chi connectivity index (χ4n) is 7.07. The van der Waals surface area contributed by atoms with E-state index < -0.39 is 66.5 Å². The van der Waals surface area contributed by atoms with Gasteiger partial charge in [-0.1, -0.05) is 50.8 Å². The number of rotatable bonds is 4. The first kappa shape index (κ1) is 41.1. The SMILES string of the molecule is CC(C)C[C@H]1NC(=O)c2ccc(F)cc2OCc2cn(nn2)CCCCCCC[C@H](C)NC(=O)[C@H](Cc2cccnc2)N(C)C(=O)[C@H]2CC(F)(F)CN2C1=O. The number of alkyl halides is 2. The molecule has 4 amide bonds. The maximum absolute atomic E-state index is 15.3. The number of aryl methyl sites for hydroxylation is 1. The zero-order chi connectivity index (χ0) is 39.7. The Hall–Kier alpha value is -5.02. The molecule has 3 aromatic rings. The lowest BCUT2D eigenvalue weighted by atomic mass is 10.0. The Labute approximate surface area is 319 Å². The van der Waals surface area contributed by atoms with Crippen molar-refractivity contribution in [3.05, 3.63) is 71.6 Å². The number of nitrogens with zero attached hydrogens (tertiary/aromatic N) is 6. The summed E-state index contributed by atoms with van der Waals surface area (Å²) in [5, 5.41) is 13.9. The van der Waals surface area contributed by atoms with Crippen LogP contribution >= 0.6 is 0 Å². The van der Waals surface area contributed by atoms with Gasteiger partial charge in [-0.05, 0) is 55.9 Å². The average molecular weight is 769 g/mol. The molecule has 55 heavy (non-hydrogen) atoms. The van der Waals surface area contributed by atoms with Gasteiger partial charge in [0.1, 0.15) is 42.0 Å². The average Bonchev–Trinajstić information content (AvgIpc) is 3.74. The normalized spacial score (nSPS) is 23.8. The van der Waals surface area contributed by atoms with E-state index in [1.807, 2.05) is 6.92 Å². The molecule has 0 unspecified atom stereocenters. The van der Waals surface area contributed by atoms with Crippen molar-refractivity contribution in [2.75, 3.05) is 13.6 Å². The Morgan fingerprint density at radius 3 is 2.53 bits per heavy atom. The van der Waals surface area contributed by atoms with E-state index in [0.29, 0.717) is 24.2 Å². The molecule has 0 aliphatic carbocycles. The highest BCUT2D eigenvalue weighted by Gasteiger charge is 2.52. The summed E-state index contributed by atoms with van der Waals surface area (Å²) in [6.07, 6.45) is 9.30. The van der Waals surface area contributed by atoms with Gasteiger partial charge in [-0.3, -0.25) is 28.8 Å². The Morgan fingerprint density at radius 2 is 1.78 bits per heavy atom. The number of halogens is 3. The van der Waals surface area contributed by atoms with Crippen molar-refractivity contribution in [2.24, 2.45) is 5.92 Å². The monoisotopic (exact) mass is 768 g/mol. The molecule has 2 bridgehead atoms. The number of amides is 4. The lowest BCUT2D eigenvalue weighted by Gasteiger charge is -2.34. The van der Waals surface area contributed by atoms with Crippen LogP contribution in [0.1, 0.15) is 93.8 Å². The number of hydrogen-bond acceptors (Lipinski definition) is 8. The molecule has 1 aromatic carbocycles. The van der Waals surface area contributed by atoms with Gasteiger partial charge in [0.05, 0.1) is 18.3 Å². The number of aromatic nitrogens is 4. The van der Waals surface area contributed by atoms with Gasteiger partial charge in [-0.25, -0.2) is 13.2 Å². The largest absolute Gasteiger partial charge is 0.486 e. The van der Waals surface area contributed by atoms with Crippen LogP contribution in [-0.2, 0) is 34.0 Å². The fraction of sp³-hybridized carbons (Fsp3) is 0.564. The van der Waals surface area contributed by atoms with Crippen LogP contribution in [0.4, 0.5) is 13.2 Å². The molecule has 298 valence electrons. The molecule has 16 heteroatoms. The minimum atomic E-state index is -3.42. The van der Waals surface area contributed by atoms with Crippen LogP contribution in [0.25, 0.3) is 0 Å². The summed E-state index contributed by atoms with van der Waals surface area (Å²) in [4.78, 5) is 62.2. The number of likely N-dealkylation sites (N-methyl/N-ethyl adjacent to an activating group) is 1. The number of pyridine rings is 1. The van der Waals surface area contributed by atoms with E-state index in [1.165, 1.54) is 13.1 Å². The van der Waals surface area contributed by atoms with E-state index in [2.05, 4.69) is 25.9 Å². The number of nitrogens with one attached hydrogen (secondary N) is 2. The molecule has 2 aliphatic rings. The Balaban J connectivity index is 1.46. The zero-order valence-electron chi connectivity index (χ0n) is 31.8. The van der Waals surface area contributed by atoms with E-state index in [1.54, 1.807) is 49.3 Å². The van der Waals surface area contributed by atoms with E-state index in [0.717, 1.165) is 54.0 Å². The standard InChI is InChI=1S/C39H51F3N8O5/c1-25(2)17-31-37(53)50-24-39(41,42)20-33(50)38(54)48(4)32(18-27-12-10-15-43-21-27)36(52)44-26(3)11-8-6-5-7-9-16-49-22-29(46-47-49)23-55-34-19-28(40)13-14-30(34)35(51)45-31/h10,12-15,19,21-22,25-26,31-33H,5-9,11,16-18,20,23-24H2,1-4H3,(H,44,52)(H,45,51)/t26-,31+,32-,33+/m0/s1. The van der Waals surface area contributed by atoms with E-state index in [-0.39, 0.29) is 42.7 Å². The van der Waals surface area contributed by atoms with Crippen molar-refractivity contribution >= 4 is 23.6 Å². The van der Waals surface area contributed by atoms with Crippen LogP contribution in [0.15, 0.2) is 48.9 Å². The van der Waals surface area contributed by atoms with Crippen LogP contribution in [0.3, 0.4) is 0 Å². The summed E-state index contributed by atoms with van der Waals surface area (Å²) in [6.45, 7) is 4.95. The van der Waals surface area contributed by atoms with Crippen LogP contribution in [0.5, 0.6) is 5.75 Å². The van der Waals surface area contributed by atoms with Gasteiger partial charge in [0.25, 0.3) is 11.8 Å². The van der Waals surface area contributed by atoms with Gasteiger partial charge < -0.3 is 25.2 Å². The molecule has 1 fully saturated rings. The van der Waals surface area contributed by atoms with E-state index in [4.69, 9.17) is 4.74 Å². The lowest BCUT2D eigenvalue weighted by molar-refractivity contribution is -0.147. The molecule has 0 saturated carbocycles. The summed E-state index contributed by atoms with van der Waals surface area (Å²) in [5.41, 5.74) is 1.03. The molecule has 0 radical (unpaired) electrons. The Bertz CT molecular complexity index is 1790. The topological polar surface area (TPSA) is 152 Å². The van der Waals surface area contributed by atoms with Crippen LogP contribution in [-0.4, -0.2) is 97.1 Å². The number of fused-ring (bicyclic) bond motifs is 4. The molecule has 13 nitrogen and oxygen atoms in total. The first-order chi connectivity index (χ1) is 26.2. The molecule has 5 rings (SSSR count). The van der Waals surface area contributed by atoms with E-state index >= 15 is 8.78 Å². The first-order valence-electron chi connectivity index (χ1n) is 19.0. The maximum atomic E-state index is 15.3. The molecule has 0 spiro atoms. The zero-order valence-corrected chi connectivity index (χ0v) is 31.8. The third-order valence-corrected chi connectivity index (χ3v) is 9.98. The summed E-state index contributed by atoms with van der Waals surface area (Å²) >= 11 is 0. The smallest absolute Gasteiger partial charge is 0.267 e. The lowest BCUT2D eigenvalue weighted by Crippen LogP contribution is -2.57. The molecular formula is C39H51F3N8O5. The van der Waals surface area contributed by atoms with Crippen LogP contribution < -0.4 is 15.4 Å². The molecular weight excluding hydrogens is 717 g/mol. The summed E-state index contributed by atoms with van der Waals surface area (Å²) < 4.78 is 52.5. The first-order valence-corrected chi connectivity index (χ1v) is 19.0. The van der Waals surface area contributed by atoms with Gasteiger partial charge in [-0.2, -0.15) is 0 Å². The second-order valence-electron chi connectivity index (χ2n) is 15.1. The highest BCUT2D eigenvalue weighted by molar-refractivity contribution is 6.00. The van der Waals surface area contributed by atoms with Crippen molar-refractivity contribution < 1.29 is 37.1 Å². The Kier molecular flexibility index (Phi) is 13.9. The number of carbonyl (C=O) groups is 4. The number of carbonyl (C=O) groups excluding carboxylic acids is 4. The van der Waals surface area contributed by atoms with Crippen LogP contribution in [0.2, 0.25) is 0 Å². The van der Waals surface area contributed by atoms with Gasteiger partial charge in [0, 0.05) is 50.9 Å². The predicted octanol–water partition coefficient (Wildman–Crippen LogP) is 4.70. The predicted molar refractivity (Wildman–Crippen MR) is 196 cm³/mol. The minimum Gasteiger partial charge on any atom is -0.486 e. The van der Waals surface area contributed by atoms with Crippen LogP contribution in [0, 0.1) is 11.7 Å². The third-order valence-electron chi connectivity index (χ3n) is 9.98. The summed E-state index contributed by atoms with van der Waals surface area (Å²) in [6, 6.07) is 2.52. The van der Waals surface area contributed by atoms with Gasteiger partial charge >= 0.3 is 0 Å². The third kappa shape index (κ3) is 11.3. The highest BCUT2D eigenvalue weighted by Crippen LogP contribution is 2.34.